The second kappa shape index (κ2) is 7.27. The Hall–Kier alpha value is -4.05. The van der Waals surface area contributed by atoms with Gasteiger partial charge in [-0.2, -0.15) is 5.10 Å². The van der Waals surface area contributed by atoms with Gasteiger partial charge in [0.25, 0.3) is 5.89 Å². The van der Waals surface area contributed by atoms with E-state index in [1.165, 1.54) is 0 Å². The molecule has 1 N–H and O–H groups in total. The first-order valence-corrected chi connectivity index (χ1v) is 10.3. The van der Waals surface area contributed by atoms with Gasteiger partial charge in [0.1, 0.15) is 11.7 Å². The summed E-state index contributed by atoms with van der Waals surface area (Å²) in [5.74, 6) is -0.333. The summed E-state index contributed by atoms with van der Waals surface area (Å²) in [5.41, 5.74) is 3.58. The first kappa shape index (κ1) is 18.7. The molecule has 10 nitrogen and oxygen atoms in total. The minimum atomic E-state index is -0.529. The molecule has 5 aromatic heterocycles. The van der Waals surface area contributed by atoms with Crippen LogP contribution in [0.2, 0.25) is 5.02 Å². The van der Waals surface area contributed by atoms with Crippen molar-refractivity contribution < 1.29 is 9.21 Å². The Kier molecular flexibility index (Phi) is 4.25. The molecule has 0 spiro atoms. The summed E-state index contributed by atoms with van der Waals surface area (Å²) in [4.78, 5) is 26.9. The Labute approximate surface area is 185 Å². The van der Waals surface area contributed by atoms with Crippen LogP contribution in [-0.2, 0) is 6.42 Å². The molecule has 0 aliphatic carbocycles. The highest BCUT2D eigenvalue weighted by Gasteiger charge is 2.38. The maximum Gasteiger partial charge on any atom is 0.312 e. The minimum Gasteiger partial charge on any atom is -0.411 e. The van der Waals surface area contributed by atoms with E-state index in [0.717, 1.165) is 16.9 Å². The van der Waals surface area contributed by atoms with E-state index in [0.29, 0.717) is 29.4 Å². The normalized spacial score (nSPS) is 15.8. The van der Waals surface area contributed by atoms with Crippen molar-refractivity contribution >= 4 is 23.0 Å². The first-order chi connectivity index (χ1) is 15.7. The molecule has 0 fully saturated rings. The zero-order valence-electron chi connectivity index (χ0n) is 16.5. The number of hydrogen-bond donors (Lipinski definition) is 1. The van der Waals surface area contributed by atoms with Gasteiger partial charge in [0.2, 0.25) is 0 Å². The van der Waals surface area contributed by atoms with Crippen molar-refractivity contribution in [2.24, 2.45) is 0 Å². The number of aromatic nitrogens is 7. The van der Waals surface area contributed by atoms with Gasteiger partial charge in [0.05, 0.1) is 28.3 Å². The molecule has 0 saturated heterocycles. The maximum atomic E-state index is 13.5. The van der Waals surface area contributed by atoms with Gasteiger partial charge in [0, 0.05) is 31.1 Å². The average Bonchev–Trinajstić information content (AvgIpc) is 3.58. The van der Waals surface area contributed by atoms with E-state index >= 15 is 0 Å². The zero-order chi connectivity index (χ0) is 21.7. The van der Waals surface area contributed by atoms with Crippen molar-refractivity contribution in [3.63, 3.8) is 0 Å². The highest BCUT2D eigenvalue weighted by atomic mass is 35.5. The number of amides is 1. The summed E-state index contributed by atoms with van der Waals surface area (Å²) in [5, 5.41) is 13.2. The molecule has 11 heteroatoms. The minimum absolute atomic E-state index is 0.114. The van der Waals surface area contributed by atoms with Crippen molar-refractivity contribution in [2.75, 3.05) is 6.54 Å². The fourth-order valence-corrected chi connectivity index (χ4v) is 4.17. The topological polar surface area (TPSA) is 118 Å². The molecule has 0 unspecified atom stereocenters. The van der Waals surface area contributed by atoms with Crippen molar-refractivity contribution in [1.29, 1.82) is 0 Å². The summed E-state index contributed by atoms with van der Waals surface area (Å²) >= 11 is 6.34. The third kappa shape index (κ3) is 2.95. The van der Waals surface area contributed by atoms with Gasteiger partial charge >= 0.3 is 11.8 Å². The number of halogens is 1. The van der Waals surface area contributed by atoms with Gasteiger partial charge in [-0.15, -0.1) is 10.2 Å². The van der Waals surface area contributed by atoms with Crippen LogP contribution in [0.5, 0.6) is 0 Å². The number of H-pyrrole nitrogens is 1. The molecule has 1 aliphatic rings. The summed E-state index contributed by atoms with van der Waals surface area (Å²) in [7, 11) is 0. The molecule has 32 heavy (non-hydrogen) atoms. The molecule has 6 rings (SSSR count). The number of carbonyl (C=O) groups is 1. The van der Waals surface area contributed by atoms with Gasteiger partial charge < -0.3 is 14.3 Å². The Morgan fingerprint density at radius 1 is 1.19 bits per heavy atom. The van der Waals surface area contributed by atoms with Crippen LogP contribution in [0.15, 0.2) is 59.5 Å². The summed E-state index contributed by atoms with van der Waals surface area (Å²) < 4.78 is 7.35. The number of imidazole rings is 1. The van der Waals surface area contributed by atoms with Gasteiger partial charge in [-0.1, -0.05) is 17.7 Å². The highest BCUT2D eigenvalue weighted by molar-refractivity contribution is 6.33. The lowest BCUT2D eigenvalue weighted by Gasteiger charge is -2.32. The molecule has 5 aromatic rings. The van der Waals surface area contributed by atoms with E-state index in [1.807, 2.05) is 24.4 Å². The zero-order valence-corrected chi connectivity index (χ0v) is 17.3. The fraction of sp³-hybridized carbons (Fsp3) is 0.143. The number of hydrogen-bond acceptors (Lipinski definition) is 7. The summed E-state index contributed by atoms with van der Waals surface area (Å²) in [6, 6.07) is 10.3. The van der Waals surface area contributed by atoms with Crippen molar-refractivity contribution in [3.8, 4) is 11.6 Å². The predicted molar refractivity (Wildman–Crippen MR) is 113 cm³/mol. The predicted octanol–water partition coefficient (Wildman–Crippen LogP) is 2.94. The van der Waals surface area contributed by atoms with Gasteiger partial charge in [-0.05, 0) is 30.3 Å². The van der Waals surface area contributed by atoms with E-state index in [-0.39, 0.29) is 11.8 Å². The Bertz CT molecular complexity index is 1440. The van der Waals surface area contributed by atoms with E-state index in [9.17, 15) is 4.79 Å². The summed E-state index contributed by atoms with van der Waals surface area (Å²) in [6.07, 6.45) is 5.67. The SMILES string of the molecule is O=C(c1nnc(-c2ccccn2)o1)N1CCc2[nH]cnc2[C@H]1c1cc2c(Cl)cccn2n1. The first-order valence-electron chi connectivity index (χ1n) is 9.91. The lowest BCUT2D eigenvalue weighted by molar-refractivity contribution is 0.0646. The number of carbonyl (C=O) groups excluding carboxylic acids is 1. The molecule has 6 heterocycles. The largest absolute Gasteiger partial charge is 0.411 e. The molecule has 1 aliphatic heterocycles. The molecule has 1 atom stereocenters. The van der Waals surface area contributed by atoms with Crippen LogP contribution in [0, 0.1) is 0 Å². The number of pyridine rings is 2. The number of fused-ring (bicyclic) bond motifs is 2. The number of aromatic amines is 1. The number of nitrogens with one attached hydrogen (secondary N) is 1. The van der Waals surface area contributed by atoms with E-state index in [2.05, 4.69) is 30.2 Å². The Balaban J connectivity index is 1.41. The number of rotatable bonds is 3. The fourth-order valence-electron chi connectivity index (χ4n) is 3.95. The van der Waals surface area contributed by atoms with Crippen LogP contribution in [0.1, 0.15) is 33.8 Å². The molecule has 1 amide bonds. The maximum absolute atomic E-state index is 13.5. The molecular formula is C21H15ClN8O2. The molecule has 0 bridgehead atoms. The van der Waals surface area contributed by atoms with Crippen molar-refractivity contribution in [1.82, 2.24) is 39.7 Å². The average molecular weight is 447 g/mol. The van der Waals surface area contributed by atoms with E-state index in [1.54, 1.807) is 40.1 Å². The highest BCUT2D eigenvalue weighted by Crippen LogP contribution is 2.35. The van der Waals surface area contributed by atoms with Gasteiger partial charge in [-0.3, -0.25) is 9.78 Å². The molecule has 0 saturated carbocycles. The quantitative estimate of drug-likeness (QED) is 0.452. The summed E-state index contributed by atoms with van der Waals surface area (Å²) in [6.45, 7) is 0.432. The Morgan fingerprint density at radius 2 is 2.12 bits per heavy atom. The third-order valence-electron chi connectivity index (χ3n) is 5.43. The molecule has 158 valence electrons. The molecule has 0 aromatic carbocycles. The van der Waals surface area contributed by atoms with Crippen molar-refractivity contribution in [3.05, 3.63) is 83.1 Å². The standard InChI is InChI=1S/C21H15ClN8O2/c22-12-4-3-8-30-16(12)10-15(28-30)18-17-13(24-11-25-17)6-9-29(18)21(31)20-27-26-19(32-20)14-5-1-2-7-23-14/h1-5,7-8,10-11,18H,6,9H2,(H,24,25)/t18-/m1/s1. The van der Waals surface area contributed by atoms with Crippen LogP contribution >= 0.6 is 11.6 Å². The Morgan fingerprint density at radius 3 is 2.97 bits per heavy atom. The number of nitrogens with zero attached hydrogens (tertiary/aromatic N) is 7. The third-order valence-corrected chi connectivity index (χ3v) is 5.75. The smallest absolute Gasteiger partial charge is 0.312 e. The van der Waals surface area contributed by atoms with E-state index < -0.39 is 11.9 Å². The van der Waals surface area contributed by atoms with E-state index in [4.69, 9.17) is 16.0 Å². The molecule has 0 radical (unpaired) electrons. The van der Waals surface area contributed by atoms with Gasteiger partial charge in [0.15, 0.2) is 0 Å². The second-order valence-electron chi connectivity index (χ2n) is 7.30. The lowest BCUT2D eigenvalue weighted by Crippen LogP contribution is -2.41. The second-order valence-corrected chi connectivity index (χ2v) is 7.71. The van der Waals surface area contributed by atoms with Crippen LogP contribution in [0.25, 0.3) is 17.1 Å². The van der Waals surface area contributed by atoms with Gasteiger partial charge in [-0.25, -0.2) is 9.50 Å². The monoisotopic (exact) mass is 446 g/mol. The van der Waals surface area contributed by atoms with Crippen molar-refractivity contribution in [2.45, 2.75) is 12.5 Å². The van der Waals surface area contributed by atoms with Crippen LogP contribution in [-0.4, -0.2) is 52.1 Å². The van der Waals surface area contributed by atoms with Crippen LogP contribution < -0.4 is 0 Å². The van der Waals surface area contributed by atoms with Crippen LogP contribution in [0.4, 0.5) is 0 Å². The molecular weight excluding hydrogens is 432 g/mol. The lowest BCUT2D eigenvalue weighted by atomic mass is 9.99. The van der Waals surface area contributed by atoms with Crippen LogP contribution in [0.3, 0.4) is 0 Å².